The van der Waals surface area contributed by atoms with E-state index in [-0.39, 0.29) is 0 Å². The molecule has 0 saturated carbocycles. The van der Waals surface area contributed by atoms with E-state index in [1.54, 1.807) is 0 Å². The van der Waals surface area contributed by atoms with Crippen LogP contribution in [0.3, 0.4) is 0 Å². The molecule has 0 aliphatic carbocycles. The first-order chi connectivity index (χ1) is 4.27. The van der Waals surface area contributed by atoms with Crippen LogP contribution in [0.15, 0.2) is 24.0 Å². The predicted octanol–water partition coefficient (Wildman–Crippen LogP) is 2.74. The Morgan fingerprint density at radius 1 is 1.44 bits per heavy atom. The van der Waals surface area contributed by atoms with Crippen molar-refractivity contribution >= 4 is 7.26 Å². The maximum atomic E-state index is 2.41. The molecule has 0 N–H and O–H groups in total. The van der Waals surface area contributed by atoms with Gasteiger partial charge in [0.2, 0.25) is 0 Å². The second-order valence-electron chi connectivity index (χ2n) is 2.75. The molecule has 0 spiro atoms. The molecule has 0 bridgehead atoms. The van der Waals surface area contributed by atoms with Crippen molar-refractivity contribution in [2.24, 2.45) is 0 Å². The lowest BCUT2D eigenvalue weighted by atomic mass is 10.5. The average molecular weight is 141 g/mol. The Kier molecular flexibility index (Phi) is 2.08. The van der Waals surface area contributed by atoms with Gasteiger partial charge in [-0.05, 0) is 19.1 Å². The minimum atomic E-state index is -0.612. The van der Waals surface area contributed by atoms with Crippen LogP contribution in [0.25, 0.3) is 0 Å². The van der Waals surface area contributed by atoms with Crippen molar-refractivity contribution in [2.45, 2.75) is 6.92 Å². The summed E-state index contributed by atoms with van der Waals surface area (Å²) < 4.78 is 0. The van der Waals surface area contributed by atoms with E-state index in [1.807, 2.05) is 0 Å². The Hall–Kier alpha value is -0.0900. The van der Waals surface area contributed by atoms with E-state index < -0.39 is 7.26 Å². The second-order valence-corrected chi connectivity index (χ2v) is 7.00. The van der Waals surface area contributed by atoms with E-state index >= 15 is 0 Å². The maximum absolute atomic E-state index is 2.41. The van der Waals surface area contributed by atoms with Crippen molar-refractivity contribution in [3.05, 3.63) is 24.0 Å². The first kappa shape index (κ1) is 7.02. The molecule has 0 fully saturated rings. The molecule has 1 heteroatoms. The Bertz CT molecular complexity index is 147. The Labute approximate surface area is 58.0 Å². The number of allylic oxidation sites excluding steroid dienone is 3. The Morgan fingerprint density at radius 2 is 2.22 bits per heavy atom. The van der Waals surface area contributed by atoms with Crippen LogP contribution in [0.1, 0.15) is 6.92 Å². The quantitative estimate of drug-likeness (QED) is 0.492. The Morgan fingerprint density at radius 3 is 2.56 bits per heavy atom. The topological polar surface area (TPSA) is 0 Å². The monoisotopic (exact) mass is 141 g/mol. The van der Waals surface area contributed by atoms with Gasteiger partial charge in [-0.2, -0.15) is 0 Å². The molecule has 0 amide bonds. The Balaban J connectivity index is 2.63. The summed E-state index contributed by atoms with van der Waals surface area (Å²) in [6.07, 6.45) is 9.31. The second kappa shape index (κ2) is 2.66. The zero-order valence-corrected chi connectivity index (χ0v) is 7.07. The van der Waals surface area contributed by atoms with Gasteiger partial charge < -0.3 is 0 Å². The van der Waals surface area contributed by atoms with Crippen LogP contribution < -0.4 is 0 Å². The standard InChI is InChI=1S/C8H14P/c1-3-9(2)7-5-4-6-8-9/h4-7H,3,8H2,1-2H3/q+1. The van der Waals surface area contributed by atoms with Gasteiger partial charge in [0.05, 0.1) is 24.8 Å². The summed E-state index contributed by atoms with van der Waals surface area (Å²) in [5.74, 6) is 2.41. The highest BCUT2D eigenvalue weighted by atomic mass is 31.2. The highest BCUT2D eigenvalue weighted by Crippen LogP contribution is 2.57. The minimum Gasteiger partial charge on any atom is -0.0594 e. The number of rotatable bonds is 1. The van der Waals surface area contributed by atoms with Crippen LogP contribution >= 0.6 is 7.26 Å². The molecule has 0 aromatic rings. The first-order valence-corrected chi connectivity index (χ1v) is 6.13. The SMILES string of the molecule is CC[P+]1(C)C=CC=CC1. The van der Waals surface area contributed by atoms with Crippen LogP contribution in [0.4, 0.5) is 0 Å². The molecule has 1 atom stereocenters. The fourth-order valence-corrected chi connectivity index (χ4v) is 2.64. The molecule has 1 rings (SSSR count). The highest BCUT2D eigenvalue weighted by molar-refractivity contribution is 7.78. The van der Waals surface area contributed by atoms with Gasteiger partial charge in [-0.15, -0.1) is 0 Å². The molecular weight excluding hydrogens is 127 g/mol. The van der Waals surface area contributed by atoms with Gasteiger partial charge in [-0.25, -0.2) is 0 Å². The van der Waals surface area contributed by atoms with Crippen LogP contribution in [0, 0.1) is 0 Å². The predicted molar refractivity (Wildman–Crippen MR) is 46.5 cm³/mol. The molecule has 1 aliphatic rings. The molecular formula is C8H14P+. The molecule has 0 nitrogen and oxygen atoms in total. The van der Waals surface area contributed by atoms with Crippen molar-refractivity contribution in [3.63, 3.8) is 0 Å². The molecule has 0 aromatic heterocycles. The van der Waals surface area contributed by atoms with E-state index in [0.717, 1.165) is 0 Å². The molecule has 1 aliphatic heterocycles. The third-order valence-corrected chi connectivity index (χ3v) is 5.32. The molecule has 1 heterocycles. The highest BCUT2D eigenvalue weighted by Gasteiger charge is 2.24. The summed E-state index contributed by atoms with van der Waals surface area (Å²) >= 11 is 0. The molecule has 0 aromatic carbocycles. The van der Waals surface area contributed by atoms with Crippen molar-refractivity contribution in [1.29, 1.82) is 0 Å². The molecule has 1 unspecified atom stereocenters. The van der Waals surface area contributed by atoms with E-state index in [1.165, 1.54) is 12.3 Å². The maximum Gasteiger partial charge on any atom is 0.0815 e. The fourth-order valence-electron chi connectivity index (χ4n) is 0.933. The van der Waals surface area contributed by atoms with Gasteiger partial charge in [-0.3, -0.25) is 0 Å². The normalized spacial score (nSPS) is 33.1. The van der Waals surface area contributed by atoms with Crippen LogP contribution in [-0.4, -0.2) is 19.0 Å². The van der Waals surface area contributed by atoms with Gasteiger partial charge in [0, 0.05) is 7.26 Å². The van der Waals surface area contributed by atoms with E-state index in [0.29, 0.717) is 0 Å². The van der Waals surface area contributed by atoms with Crippen molar-refractivity contribution in [3.8, 4) is 0 Å². The smallest absolute Gasteiger partial charge is 0.0594 e. The summed E-state index contributed by atoms with van der Waals surface area (Å²) in [4.78, 5) is 0. The van der Waals surface area contributed by atoms with E-state index in [9.17, 15) is 0 Å². The lowest BCUT2D eigenvalue weighted by molar-refractivity contribution is 1.44. The summed E-state index contributed by atoms with van der Waals surface area (Å²) in [6.45, 7) is 4.70. The molecule has 0 saturated heterocycles. The zero-order chi connectivity index (χ0) is 6.74. The largest absolute Gasteiger partial charge is 0.0815 e. The number of hydrogen-bond donors (Lipinski definition) is 0. The summed E-state index contributed by atoms with van der Waals surface area (Å²) in [5, 5.41) is 0. The van der Waals surface area contributed by atoms with Crippen LogP contribution in [0.2, 0.25) is 0 Å². The molecule has 50 valence electrons. The van der Waals surface area contributed by atoms with Crippen LogP contribution in [-0.2, 0) is 0 Å². The lowest BCUT2D eigenvalue weighted by Gasteiger charge is -2.16. The third kappa shape index (κ3) is 1.66. The van der Waals surface area contributed by atoms with Crippen molar-refractivity contribution in [1.82, 2.24) is 0 Å². The zero-order valence-electron chi connectivity index (χ0n) is 6.17. The van der Waals surface area contributed by atoms with Crippen molar-refractivity contribution in [2.75, 3.05) is 19.0 Å². The molecule has 0 radical (unpaired) electrons. The first-order valence-electron chi connectivity index (χ1n) is 3.45. The minimum absolute atomic E-state index is 0.612. The van der Waals surface area contributed by atoms with Gasteiger partial charge in [0.15, 0.2) is 0 Å². The van der Waals surface area contributed by atoms with Crippen molar-refractivity contribution < 1.29 is 0 Å². The summed E-state index contributed by atoms with van der Waals surface area (Å²) in [6, 6.07) is 0. The number of hydrogen-bond acceptors (Lipinski definition) is 0. The van der Waals surface area contributed by atoms with Crippen LogP contribution in [0.5, 0.6) is 0 Å². The van der Waals surface area contributed by atoms with Gasteiger partial charge >= 0.3 is 0 Å². The molecule has 9 heavy (non-hydrogen) atoms. The van der Waals surface area contributed by atoms with E-state index in [4.69, 9.17) is 0 Å². The lowest BCUT2D eigenvalue weighted by Crippen LogP contribution is -1.96. The van der Waals surface area contributed by atoms with E-state index in [2.05, 4.69) is 37.6 Å². The van der Waals surface area contributed by atoms with Gasteiger partial charge in [0.1, 0.15) is 0 Å². The summed E-state index contributed by atoms with van der Waals surface area (Å²) in [7, 11) is -0.612. The fraction of sp³-hybridized carbons (Fsp3) is 0.500. The summed E-state index contributed by atoms with van der Waals surface area (Å²) in [5.41, 5.74) is 0. The third-order valence-electron chi connectivity index (χ3n) is 1.94. The van der Waals surface area contributed by atoms with Gasteiger partial charge in [-0.1, -0.05) is 6.08 Å². The average Bonchev–Trinajstić information content (AvgIpc) is 1.90. The van der Waals surface area contributed by atoms with Gasteiger partial charge in [0.25, 0.3) is 0 Å².